The largest absolute Gasteiger partial charge is 0.489 e. The summed E-state index contributed by atoms with van der Waals surface area (Å²) in [4.78, 5) is 27.1. The summed E-state index contributed by atoms with van der Waals surface area (Å²) in [6, 6.07) is 22.0. The van der Waals surface area contributed by atoms with E-state index in [-0.39, 0.29) is 5.91 Å². The van der Waals surface area contributed by atoms with Crippen molar-refractivity contribution in [2.24, 2.45) is 0 Å². The molecule has 1 aliphatic rings. The second-order valence-corrected chi connectivity index (χ2v) is 7.58. The second kappa shape index (κ2) is 10.7. The van der Waals surface area contributed by atoms with E-state index in [0.29, 0.717) is 55.5 Å². The van der Waals surface area contributed by atoms with E-state index < -0.39 is 5.97 Å². The minimum atomic E-state index is -0.459. The third-order valence-corrected chi connectivity index (χ3v) is 5.38. The Labute approximate surface area is 192 Å². The molecule has 1 saturated heterocycles. The fourth-order valence-electron chi connectivity index (χ4n) is 3.60. The van der Waals surface area contributed by atoms with Gasteiger partial charge in [-0.05, 0) is 48.0 Å². The number of morpholine rings is 1. The summed E-state index contributed by atoms with van der Waals surface area (Å²) >= 11 is 0. The second-order valence-electron chi connectivity index (χ2n) is 7.58. The van der Waals surface area contributed by atoms with Crippen molar-refractivity contribution in [1.82, 2.24) is 0 Å². The average molecular weight is 447 g/mol. The van der Waals surface area contributed by atoms with Crippen LogP contribution in [-0.4, -0.2) is 45.3 Å². The highest BCUT2D eigenvalue weighted by Crippen LogP contribution is 2.29. The van der Waals surface area contributed by atoms with Gasteiger partial charge >= 0.3 is 5.97 Å². The van der Waals surface area contributed by atoms with Crippen LogP contribution in [0.4, 0.5) is 11.4 Å². The SMILES string of the molecule is COC(=O)c1ccc(N2CCOCC2)c(NC(=O)c2ccc(OCc3ccccc3)cc2)c1. The van der Waals surface area contributed by atoms with Crippen LogP contribution in [0.5, 0.6) is 5.75 Å². The number of carbonyl (C=O) groups excluding carboxylic acids is 2. The number of carbonyl (C=O) groups is 2. The van der Waals surface area contributed by atoms with Crippen molar-refractivity contribution in [2.45, 2.75) is 6.61 Å². The molecule has 1 heterocycles. The van der Waals surface area contributed by atoms with E-state index >= 15 is 0 Å². The summed E-state index contributed by atoms with van der Waals surface area (Å²) < 4.78 is 16.1. The van der Waals surface area contributed by atoms with Crippen molar-refractivity contribution in [3.63, 3.8) is 0 Å². The Hall–Kier alpha value is -3.84. The Morgan fingerprint density at radius 1 is 0.939 bits per heavy atom. The first-order valence-corrected chi connectivity index (χ1v) is 10.8. The molecule has 1 N–H and O–H groups in total. The highest BCUT2D eigenvalue weighted by Gasteiger charge is 2.19. The molecule has 33 heavy (non-hydrogen) atoms. The van der Waals surface area contributed by atoms with E-state index in [1.165, 1.54) is 7.11 Å². The van der Waals surface area contributed by atoms with Gasteiger partial charge in [0.2, 0.25) is 0 Å². The van der Waals surface area contributed by atoms with Gasteiger partial charge in [-0.1, -0.05) is 30.3 Å². The van der Waals surface area contributed by atoms with Crippen molar-refractivity contribution in [3.05, 3.63) is 89.5 Å². The Balaban J connectivity index is 1.48. The summed E-state index contributed by atoms with van der Waals surface area (Å²) in [6.45, 7) is 3.07. The Morgan fingerprint density at radius 3 is 2.33 bits per heavy atom. The summed E-state index contributed by atoms with van der Waals surface area (Å²) in [5.74, 6) is -0.0582. The summed E-state index contributed by atoms with van der Waals surface area (Å²) in [5, 5.41) is 2.95. The molecule has 0 bridgehead atoms. The lowest BCUT2D eigenvalue weighted by Crippen LogP contribution is -2.36. The predicted molar refractivity (Wildman–Crippen MR) is 126 cm³/mol. The number of hydrogen-bond donors (Lipinski definition) is 1. The lowest BCUT2D eigenvalue weighted by Gasteiger charge is -2.30. The zero-order valence-electron chi connectivity index (χ0n) is 18.5. The maximum Gasteiger partial charge on any atom is 0.337 e. The van der Waals surface area contributed by atoms with E-state index in [2.05, 4.69) is 10.2 Å². The molecule has 7 heteroatoms. The van der Waals surface area contributed by atoms with E-state index in [1.54, 1.807) is 36.4 Å². The zero-order valence-corrected chi connectivity index (χ0v) is 18.5. The Morgan fingerprint density at radius 2 is 1.64 bits per heavy atom. The summed E-state index contributed by atoms with van der Waals surface area (Å²) in [5.41, 5.74) is 3.31. The third kappa shape index (κ3) is 5.70. The number of nitrogens with zero attached hydrogens (tertiary/aromatic N) is 1. The molecule has 0 saturated carbocycles. The maximum atomic E-state index is 13.0. The van der Waals surface area contributed by atoms with Gasteiger partial charge in [-0.25, -0.2) is 4.79 Å². The average Bonchev–Trinajstić information content (AvgIpc) is 2.88. The Kier molecular flexibility index (Phi) is 7.22. The standard InChI is InChI=1S/C26H26N2O5/c1-31-26(30)21-9-12-24(28-13-15-32-16-14-28)23(17-21)27-25(29)20-7-10-22(11-8-20)33-18-19-5-3-2-4-6-19/h2-12,17H,13-16,18H2,1H3,(H,27,29). The van der Waals surface area contributed by atoms with Crippen LogP contribution in [0.15, 0.2) is 72.8 Å². The van der Waals surface area contributed by atoms with E-state index in [1.807, 2.05) is 36.4 Å². The van der Waals surface area contributed by atoms with Gasteiger partial charge in [0.05, 0.1) is 37.3 Å². The minimum absolute atomic E-state index is 0.277. The zero-order chi connectivity index (χ0) is 23.0. The number of ether oxygens (including phenoxy) is 3. The molecule has 1 fully saturated rings. The number of anilines is 2. The van der Waals surface area contributed by atoms with E-state index in [9.17, 15) is 9.59 Å². The van der Waals surface area contributed by atoms with Gasteiger partial charge in [-0.2, -0.15) is 0 Å². The number of esters is 1. The van der Waals surface area contributed by atoms with Crippen molar-refractivity contribution >= 4 is 23.3 Å². The molecule has 170 valence electrons. The van der Waals surface area contributed by atoms with Crippen molar-refractivity contribution in [2.75, 3.05) is 43.6 Å². The van der Waals surface area contributed by atoms with Gasteiger partial charge in [0.25, 0.3) is 5.91 Å². The van der Waals surface area contributed by atoms with Gasteiger partial charge in [0.1, 0.15) is 12.4 Å². The van der Waals surface area contributed by atoms with Crippen molar-refractivity contribution < 1.29 is 23.8 Å². The number of nitrogens with one attached hydrogen (secondary N) is 1. The minimum Gasteiger partial charge on any atom is -0.489 e. The van der Waals surface area contributed by atoms with Crippen LogP contribution < -0.4 is 15.0 Å². The molecular weight excluding hydrogens is 420 g/mol. The third-order valence-electron chi connectivity index (χ3n) is 5.38. The molecule has 4 rings (SSSR count). The molecule has 7 nitrogen and oxygen atoms in total. The van der Waals surface area contributed by atoms with Gasteiger partial charge < -0.3 is 24.4 Å². The van der Waals surface area contributed by atoms with Gasteiger partial charge in [-0.15, -0.1) is 0 Å². The van der Waals surface area contributed by atoms with Crippen LogP contribution in [0.2, 0.25) is 0 Å². The Bertz CT molecular complexity index is 1090. The molecule has 0 radical (unpaired) electrons. The number of amides is 1. The van der Waals surface area contributed by atoms with Crippen LogP contribution in [0, 0.1) is 0 Å². The van der Waals surface area contributed by atoms with E-state index in [0.717, 1.165) is 11.3 Å². The van der Waals surface area contributed by atoms with Gasteiger partial charge in [-0.3, -0.25) is 4.79 Å². The van der Waals surface area contributed by atoms with Crippen LogP contribution >= 0.6 is 0 Å². The maximum absolute atomic E-state index is 13.0. The van der Waals surface area contributed by atoms with Gasteiger partial charge in [0.15, 0.2) is 0 Å². The van der Waals surface area contributed by atoms with Crippen LogP contribution in [0.3, 0.4) is 0 Å². The molecule has 1 amide bonds. The lowest BCUT2D eigenvalue weighted by atomic mass is 10.1. The fraction of sp³-hybridized carbons (Fsp3) is 0.231. The predicted octanol–water partition coefficient (Wildman–Crippen LogP) is 4.14. The quantitative estimate of drug-likeness (QED) is 0.550. The van der Waals surface area contributed by atoms with Gasteiger partial charge in [0, 0.05) is 18.7 Å². The van der Waals surface area contributed by atoms with Crippen LogP contribution in [-0.2, 0) is 16.1 Å². The van der Waals surface area contributed by atoms with Crippen LogP contribution in [0.25, 0.3) is 0 Å². The molecule has 3 aromatic rings. The first kappa shape index (κ1) is 22.4. The summed E-state index contributed by atoms with van der Waals surface area (Å²) in [7, 11) is 1.33. The van der Waals surface area contributed by atoms with Crippen LogP contribution in [0.1, 0.15) is 26.3 Å². The molecule has 0 atom stereocenters. The molecule has 0 spiro atoms. The van der Waals surface area contributed by atoms with E-state index in [4.69, 9.17) is 14.2 Å². The highest BCUT2D eigenvalue weighted by molar-refractivity contribution is 6.07. The smallest absolute Gasteiger partial charge is 0.337 e. The van der Waals surface area contributed by atoms with Crippen molar-refractivity contribution in [1.29, 1.82) is 0 Å². The molecule has 3 aromatic carbocycles. The first-order valence-electron chi connectivity index (χ1n) is 10.8. The highest BCUT2D eigenvalue weighted by atomic mass is 16.5. The summed E-state index contributed by atoms with van der Waals surface area (Å²) in [6.07, 6.45) is 0. The normalized spacial score (nSPS) is 13.3. The van der Waals surface area contributed by atoms with Crippen molar-refractivity contribution in [3.8, 4) is 5.75 Å². The molecular formula is C26H26N2O5. The number of hydrogen-bond acceptors (Lipinski definition) is 6. The monoisotopic (exact) mass is 446 g/mol. The number of methoxy groups -OCH3 is 1. The molecule has 1 aliphatic heterocycles. The number of rotatable bonds is 7. The topological polar surface area (TPSA) is 77.1 Å². The molecule has 0 aliphatic carbocycles. The number of benzene rings is 3. The molecule has 0 unspecified atom stereocenters. The fourth-order valence-corrected chi connectivity index (χ4v) is 3.60. The molecule has 0 aromatic heterocycles. The first-order chi connectivity index (χ1) is 16.1. The lowest BCUT2D eigenvalue weighted by molar-refractivity contribution is 0.0600.